The fourth-order valence-corrected chi connectivity index (χ4v) is 2.76. The van der Waals surface area contributed by atoms with E-state index in [0.717, 1.165) is 24.0 Å². The van der Waals surface area contributed by atoms with Crippen LogP contribution in [0, 0.1) is 0 Å². The highest BCUT2D eigenvalue weighted by atomic mass is 35.5. The van der Waals surface area contributed by atoms with Gasteiger partial charge in [-0.05, 0) is 50.6 Å². The number of nitrogens with zero attached hydrogens (tertiary/aromatic N) is 1. The van der Waals surface area contributed by atoms with Crippen LogP contribution in [-0.2, 0) is 4.74 Å². The second-order valence-electron chi connectivity index (χ2n) is 6.13. The van der Waals surface area contributed by atoms with Crippen LogP contribution < -0.4 is 10.1 Å². The maximum atomic E-state index is 11.7. The molecule has 1 aliphatic rings. The summed E-state index contributed by atoms with van der Waals surface area (Å²) >= 11 is 6.24. The Kier molecular flexibility index (Phi) is 8.82. The van der Waals surface area contributed by atoms with Crippen molar-refractivity contribution in [2.45, 2.75) is 25.3 Å². The van der Waals surface area contributed by atoms with Crippen molar-refractivity contribution >= 4 is 42.4 Å². The summed E-state index contributed by atoms with van der Waals surface area (Å²) in [4.78, 5) is 16.0. The summed E-state index contributed by atoms with van der Waals surface area (Å²) in [5, 5.41) is 3.69. The summed E-state index contributed by atoms with van der Waals surface area (Å²) in [6.45, 7) is 2.74. The molecule has 0 saturated heterocycles. The van der Waals surface area contributed by atoms with Crippen LogP contribution in [0.15, 0.2) is 36.5 Å². The SMILES string of the molecule is CCOC(=O)c1ccc(-c2cc(OCC3(NC)CC3)cnc2Cl)cc1.Cl.Cl. The number of aromatic nitrogens is 1. The summed E-state index contributed by atoms with van der Waals surface area (Å²) in [6, 6.07) is 8.97. The van der Waals surface area contributed by atoms with Gasteiger partial charge in [0.2, 0.25) is 0 Å². The van der Waals surface area contributed by atoms with E-state index in [-0.39, 0.29) is 36.3 Å². The number of hydrogen-bond donors (Lipinski definition) is 1. The van der Waals surface area contributed by atoms with Crippen LogP contribution in [0.2, 0.25) is 5.15 Å². The molecule has 2 aromatic rings. The molecule has 0 bridgehead atoms. The zero-order valence-corrected chi connectivity index (χ0v) is 17.5. The Morgan fingerprint density at radius 3 is 2.48 bits per heavy atom. The van der Waals surface area contributed by atoms with Gasteiger partial charge in [0.05, 0.1) is 23.9 Å². The minimum atomic E-state index is -0.336. The van der Waals surface area contributed by atoms with Gasteiger partial charge in [-0.25, -0.2) is 9.78 Å². The second-order valence-corrected chi connectivity index (χ2v) is 6.48. The zero-order chi connectivity index (χ0) is 17.9. The lowest BCUT2D eigenvalue weighted by atomic mass is 10.1. The monoisotopic (exact) mass is 432 g/mol. The van der Waals surface area contributed by atoms with Gasteiger partial charge < -0.3 is 14.8 Å². The van der Waals surface area contributed by atoms with Crippen molar-refractivity contribution in [1.82, 2.24) is 10.3 Å². The first-order chi connectivity index (χ1) is 12.1. The molecule has 148 valence electrons. The van der Waals surface area contributed by atoms with E-state index in [0.29, 0.717) is 29.7 Å². The molecule has 0 amide bonds. The van der Waals surface area contributed by atoms with Crippen LogP contribution in [0.1, 0.15) is 30.1 Å². The Balaban J connectivity index is 0.00000182. The lowest BCUT2D eigenvalue weighted by molar-refractivity contribution is 0.0526. The largest absolute Gasteiger partial charge is 0.490 e. The minimum absolute atomic E-state index is 0. The van der Waals surface area contributed by atoms with Crippen LogP contribution in [0.5, 0.6) is 5.75 Å². The van der Waals surface area contributed by atoms with Crippen LogP contribution in [0.25, 0.3) is 11.1 Å². The highest BCUT2D eigenvalue weighted by molar-refractivity contribution is 6.32. The highest BCUT2D eigenvalue weighted by Crippen LogP contribution is 2.36. The predicted octanol–water partition coefficient (Wildman–Crippen LogP) is 4.55. The summed E-state index contributed by atoms with van der Waals surface area (Å²) in [7, 11) is 1.95. The average molecular weight is 434 g/mol. The van der Waals surface area contributed by atoms with E-state index >= 15 is 0 Å². The topological polar surface area (TPSA) is 60.5 Å². The lowest BCUT2D eigenvalue weighted by Crippen LogP contribution is -2.33. The van der Waals surface area contributed by atoms with Crippen molar-refractivity contribution in [3.8, 4) is 16.9 Å². The van der Waals surface area contributed by atoms with Crippen molar-refractivity contribution < 1.29 is 14.3 Å². The predicted molar refractivity (Wildman–Crippen MR) is 112 cm³/mol. The van der Waals surface area contributed by atoms with Crippen molar-refractivity contribution in [2.75, 3.05) is 20.3 Å². The van der Waals surface area contributed by atoms with E-state index in [9.17, 15) is 4.79 Å². The highest BCUT2D eigenvalue weighted by Gasteiger charge is 2.41. The van der Waals surface area contributed by atoms with Crippen molar-refractivity contribution in [1.29, 1.82) is 0 Å². The Labute approximate surface area is 176 Å². The smallest absolute Gasteiger partial charge is 0.338 e. The van der Waals surface area contributed by atoms with Gasteiger partial charge in [-0.15, -0.1) is 24.8 Å². The summed E-state index contributed by atoms with van der Waals surface area (Å²) in [5.74, 6) is 0.340. The molecular formula is C19H23Cl3N2O3. The number of carbonyl (C=O) groups is 1. The molecule has 1 aliphatic carbocycles. The Morgan fingerprint density at radius 2 is 1.93 bits per heavy atom. The van der Waals surface area contributed by atoms with Crippen molar-refractivity contribution in [2.24, 2.45) is 0 Å². The Bertz CT molecular complexity index is 765. The van der Waals surface area contributed by atoms with E-state index in [4.69, 9.17) is 21.1 Å². The molecular weight excluding hydrogens is 411 g/mol. The molecule has 1 fully saturated rings. The number of benzene rings is 1. The number of esters is 1. The summed E-state index contributed by atoms with van der Waals surface area (Å²) in [5.41, 5.74) is 2.24. The molecule has 1 heterocycles. The molecule has 3 rings (SSSR count). The van der Waals surface area contributed by atoms with Gasteiger partial charge in [0.15, 0.2) is 0 Å². The number of pyridine rings is 1. The van der Waals surface area contributed by atoms with E-state index in [2.05, 4.69) is 10.3 Å². The van der Waals surface area contributed by atoms with Crippen LogP contribution in [-0.4, -0.2) is 36.8 Å². The van der Waals surface area contributed by atoms with Gasteiger partial charge in [0, 0.05) is 5.56 Å². The van der Waals surface area contributed by atoms with Gasteiger partial charge in [-0.1, -0.05) is 23.7 Å². The molecule has 0 aliphatic heterocycles. The van der Waals surface area contributed by atoms with Gasteiger partial charge in [-0.3, -0.25) is 0 Å². The van der Waals surface area contributed by atoms with Crippen molar-refractivity contribution in [3.05, 3.63) is 47.2 Å². The van der Waals surface area contributed by atoms with E-state index in [1.165, 1.54) is 0 Å². The first kappa shape index (κ1) is 23.5. The van der Waals surface area contributed by atoms with Gasteiger partial charge in [-0.2, -0.15) is 0 Å². The van der Waals surface area contributed by atoms with Crippen molar-refractivity contribution in [3.63, 3.8) is 0 Å². The lowest BCUT2D eigenvalue weighted by Gasteiger charge is -2.16. The number of likely N-dealkylation sites (N-methyl/N-ethyl adjacent to an activating group) is 1. The fourth-order valence-electron chi connectivity index (χ4n) is 2.55. The Hall–Kier alpha value is -1.53. The van der Waals surface area contributed by atoms with E-state index in [1.807, 2.05) is 25.2 Å². The fraction of sp³-hybridized carbons (Fsp3) is 0.368. The first-order valence-corrected chi connectivity index (χ1v) is 8.69. The second kappa shape index (κ2) is 10.1. The quantitative estimate of drug-likeness (QED) is 0.512. The molecule has 8 heteroatoms. The molecule has 27 heavy (non-hydrogen) atoms. The number of hydrogen-bond acceptors (Lipinski definition) is 5. The van der Waals surface area contributed by atoms with E-state index < -0.39 is 0 Å². The number of ether oxygens (including phenoxy) is 2. The third-order valence-corrected chi connectivity index (χ3v) is 4.72. The maximum Gasteiger partial charge on any atom is 0.338 e. The van der Waals surface area contributed by atoms with Crippen LogP contribution in [0.4, 0.5) is 0 Å². The first-order valence-electron chi connectivity index (χ1n) is 8.32. The summed E-state index contributed by atoms with van der Waals surface area (Å²) < 4.78 is 10.9. The minimum Gasteiger partial charge on any atom is -0.490 e. The average Bonchev–Trinajstić information content (AvgIpc) is 3.42. The van der Waals surface area contributed by atoms with Gasteiger partial charge in [0.1, 0.15) is 17.5 Å². The molecule has 1 saturated carbocycles. The molecule has 1 aromatic carbocycles. The van der Waals surface area contributed by atoms with Gasteiger partial charge in [0.25, 0.3) is 0 Å². The van der Waals surface area contributed by atoms with Crippen LogP contribution >= 0.6 is 36.4 Å². The Morgan fingerprint density at radius 1 is 1.26 bits per heavy atom. The van der Waals surface area contributed by atoms with Gasteiger partial charge >= 0.3 is 5.97 Å². The third kappa shape index (κ3) is 5.72. The molecule has 1 aromatic heterocycles. The molecule has 0 radical (unpaired) electrons. The number of rotatable bonds is 7. The molecule has 0 spiro atoms. The standard InChI is InChI=1S/C19H21ClN2O3.2ClH/c1-3-24-18(23)14-6-4-13(5-7-14)16-10-15(11-22-17(16)20)25-12-19(21-2)8-9-19;;/h4-7,10-11,21H,3,8-9,12H2,1-2H3;2*1H. The number of nitrogens with one attached hydrogen (secondary N) is 1. The maximum absolute atomic E-state index is 11.7. The third-order valence-electron chi connectivity index (χ3n) is 4.42. The summed E-state index contributed by atoms with van der Waals surface area (Å²) in [6.07, 6.45) is 3.87. The molecule has 0 atom stereocenters. The number of carbonyl (C=O) groups excluding carboxylic acids is 1. The van der Waals surface area contributed by atoms with E-state index in [1.54, 1.807) is 25.3 Å². The molecule has 1 N–H and O–H groups in total. The molecule has 5 nitrogen and oxygen atoms in total. The number of halogens is 3. The van der Waals surface area contributed by atoms with Crippen LogP contribution in [0.3, 0.4) is 0 Å². The molecule has 0 unspecified atom stereocenters. The normalized spacial score (nSPS) is 13.7. The zero-order valence-electron chi connectivity index (χ0n) is 15.2.